The quantitative estimate of drug-likeness (QED) is 0.583. The number of hydrogen-bond donors (Lipinski definition) is 3. The molecule has 2 unspecified atom stereocenters. The summed E-state index contributed by atoms with van der Waals surface area (Å²) in [6.07, 6.45) is 1.01. The van der Waals surface area contributed by atoms with E-state index in [1.807, 2.05) is 55.9 Å². The normalized spacial score (nSPS) is 13.1. The number of nitrogens with zero attached hydrogens (tertiary/aromatic N) is 1. The fraction of sp³-hybridized carbons (Fsp3) is 0.400. The molecule has 2 rings (SSSR count). The van der Waals surface area contributed by atoms with Crippen LogP contribution in [0.15, 0.2) is 47.8 Å². The molecule has 3 N–H and O–H groups in total. The zero-order valence-electron chi connectivity index (χ0n) is 15.7. The van der Waals surface area contributed by atoms with Gasteiger partial charge in [-0.25, -0.2) is 4.79 Å². The van der Waals surface area contributed by atoms with Crippen molar-refractivity contribution >= 4 is 23.3 Å². The van der Waals surface area contributed by atoms with E-state index >= 15 is 0 Å². The van der Waals surface area contributed by atoms with E-state index in [2.05, 4.69) is 21.6 Å². The molecular formula is C20H27N3O3S. The lowest BCUT2D eigenvalue weighted by molar-refractivity contribution is -0.137. The van der Waals surface area contributed by atoms with E-state index < -0.39 is 5.97 Å². The highest BCUT2D eigenvalue weighted by atomic mass is 32.1. The van der Waals surface area contributed by atoms with Crippen molar-refractivity contribution in [2.24, 2.45) is 0 Å². The summed E-state index contributed by atoms with van der Waals surface area (Å²) >= 11 is 1.66. The summed E-state index contributed by atoms with van der Waals surface area (Å²) in [4.78, 5) is 26.6. The summed E-state index contributed by atoms with van der Waals surface area (Å²) < 4.78 is 0. The number of rotatable bonds is 10. The molecule has 7 heteroatoms. The summed E-state index contributed by atoms with van der Waals surface area (Å²) in [5, 5.41) is 16.9. The fourth-order valence-electron chi connectivity index (χ4n) is 2.87. The molecule has 0 saturated heterocycles. The van der Waals surface area contributed by atoms with Gasteiger partial charge in [-0.3, -0.25) is 4.79 Å². The summed E-state index contributed by atoms with van der Waals surface area (Å²) in [6.45, 7) is 0.482. The standard InChI is InChI=1S/C20H27N3O3S/c1-23(2)17(18-9-6-12-27-18)14-21-20(26)22-16(10-11-19(24)25)13-15-7-4-3-5-8-15/h3-9,12,16-17H,10-11,13-14H2,1-2H3,(H,24,25)(H2,21,22,26). The fourth-order valence-corrected chi connectivity index (χ4v) is 3.79. The van der Waals surface area contributed by atoms with Crippen molar-refractivity contribution in [3.05, 3.63) is 58.3 Å². The van der Waals surface area contributed by atoms with Gasteiger partial charge < -0.3 is 20.6 Å². The predicted octanol–water partition coefficient (Wildman–Crippen LogP) is 3.13. The minimum absolute atomic E-state index is 0.0211. The van der Waals surface area contributed by atoms with Crippen LogP contribution >= 0.6 is 11.3 Å². The first kappa shape index (κ1) is 20.9. The van der Waals surface area contributed by atoms with E-state index in [1.54, 1.807) is 11.3 Å². The maximum absolute atomic E-state index is 12.4. The Morgan fingerprint density at radius 3 is 2.48 bits per heavy atom. The van der Waals surface area contributed by atoms with Gasteiger partial charge in [-0.05, 0) is 43.9 Å². The molecule has 0 saturated carbocycles. The SMILES string of the molecule is CN(C)C(CNC(=O)NC(CCC(=O)O)Cc1ccccc1)c1cccs1. The molecule has 27 heavy (non-hydrogen) atoms. The largest absolute Gasteiger partial charge is 0.481 e. The maximum atomic E-state index is 12.4. The number of amides is 2. The molecule has 0 fully saturated rings. The molecular weight excluding hydrogens is 362 g/mol. The summed E-state index contributed by atoms with van der Waals surface area (Å²) in [5.74, 6) is -0.861. The van der Waals surface area contributed by atoms with Crippen LogP contribution < -0.4 is 10.6 Å². The number of urea groups is 1. The Bertz CT molecular complexity index is 705. The minimum atomic E-state index is -0.861. The van der Waals surface area contributed by atoms with Crippen molar-refractivity contribution < 1.29 is 14.7 Å². The number of aliphatic carboxylic acids is 1. The molecule has 1 heterocycles. The van der Waals surface area contributed by atoms with Crippen LogP contribution in [-0.4, -0.2) is 48.7 Å². The molecule has 0 aliphatic rings. The first-order valence-corrected chi connectivity index (χ1v) is 9.83. The number of likely N-dealkylation sites (N-methyl/N-ethyl adjacent to an activating group) is 1. The summed E-state index contributed by atoms with van der Waals surface area (Å²) in [7, 11) is 3.96. The molecule has 0 aliphatic carbocycles. The Labute approximate surface area is 164 Å². The molecule has 1 aromatic heterocycles. The Morgan fingerprint density at radius 2 is 1.89 bits per heavy atom. The van der Waals surface area contributed by atoms with E-state index in [4.69, 9.17) is 5.11 Å². The first-order valence-electron chi connectivity index (χ1n) is 8.95. The number of hydrogen-bond acceptors (Lipinski definition) is 4. The van der Waals surface area contributed by atoms with Gasteiger partial charge in [0, 0.05) is 23.9 Å². The number of carboxylic acid groups (broad SMARTS) is 1. The average molecular weight is 390 g/mol. The van der Waals surface area contributed by atoms with Gasteiger partial charge in [0.25, 0.3) is 0 Å². The molecule has 146 valence electrons. The highest BCUT2D eigenvalue weighted by molar-refractivity contribution is 7.10. The Hall–Kier alpha value is -2.38. The van der Waals surface area contributed by atoms with Crippen molar-refractivity contribution in [1.82, 2.24) is 15.5 Å². The van der Waals surface area contributed by atoms with Gasteiger partial charge in [0.2, 0.25) is 0 Å². The van der Waals surface area contributed by atoms with Crippen molar-refractivity contribution in [2.75, 3.05) is 20.6 Å². The minimum Gasteiger partial charge on any atom is -0.481 e. The summed E-state index contributed by atoms with van der Waals surface area (Å²) in [5.41, 5.74) is 1.07. The Balaban J connectivity index is 1.92. The first-order chi connectivity index (χ1) is 13.0. The molecule has 2 atom stereocenters. The monoisotopic (exact) mass is 389 g/mol. The smallest absolute Gasteiger partial charge is 0.315 e. The molecule has 0 spiro atoms. The zero-order chi connectivity index (χ0) is 19.6. The van der Waals surface area contributed by atoms with Crippen molar-refractivity contribution in [1.29, 1.82) is 0 Å². The van der Waals surface area contributed by atoms with Gasteiger partial charge in [-0.1, -0.05) is 36.4 Å². The van der Waals surface area contributed by atoms with Crippen LogP contribution in [0, 0.1) is 0 Å². The van der Waals surface area contributed by atoms with Crippen LogP contribution in [0.5, 0.6) is 0 Å². The number of carbonyl (C=O) groups excluding carboxylic acids is 1. The van der Waals surface area contributed by atoms with Crippen molar-refractivity contribution in [2.45, 2.75) is 31.3 Å². The Morgan fingerprint density at radius 1 is 1.15 bits per heavy atom. The lowest BCUT2D eigenvalue weighted by Crippen LogP contribution is -2.45. The molecule has 2 amide bonds. The predicted molar refractivity (Wildman–Crippen MR) is 108 cm³/mol. The van der Waals surface area contributed by atoms with Crippen LogP contribution in [0.3, 0.4) is 0 Å². The van der Waals surface area contributed by atoms with Gasteiger partial charge in [0.05, 0.1) is 6.04 Å². The van der Waals surface area contributed by atoms with E-state index in [0.29, 0.717) is 19.4 Å². The van der Waals surface area contributed by atoms with Gasteiger partial charge in [-0.2, -0.15) is 0 Å². The van der Waals surface area contributed by atoms with Crippen LogP contribution in [0.1, 0.15) is 29.3 Å². The molecule has 1 aromatic carbocycles. The van der Waals surface area contributed by atoms with Gasteiger partial charge in [-0.15, -0.1) is 11.3 Å². The number of benzene rings is 1. The highest BCUT2D eigenvalue weighted by Gasteiger charge is 2.18. The third-order valence-corrected chi connectivity index (χ3v) is 5.29. The topological polar surface area (TPSA) is 81.7 Å². The lowest BCUT2D eigenvalue weighted by Gasteiger charge is -2.25. The van der Waals surface area contributed by atoms with E-state index in [0.717, 1.165) is 5.56 Å². The summed E-state index contributed by atoms with van der Waals surface area (Å²) in [6, 6.07) is 13.4. The van der Waals surface area contributed by atoms with Gasteiger partial charge in [0.1, 0.15) is 0 Å². The van der Waals surface area contributed by atoms with Crippen molar-refractivity contribution in [3.8, 4) is 0 Å². The highest BCUT2D eigenvalue weighted by Crippen LogP contribution is 2.22. The molecule has 2 aromatic rings. The second kappa shape index (κ2) is 10.7. The third-order valence-electron chi connectivity index (χ3n) is 4.32. The maximum Gasteiger partial charge on any atom is 0.315 e. The van der Waals surface area contributed by atoms with Gasteiger partial charge in [0.15, 0.2) is 0 Å². The molecule has 0 aliphatic heterocycles. The van der Waals surface area contributed by atoms with Crippen molar-refractivity contribution in [3.63, 3.8) is 0 Å². The zero-order valence-corrected chi connectivity index (χ0v) is 16.5. The van der Waals surface area contributed by atoms with Crippen LogP contribution in [0.25, 0.3) is 0 Å². The number of nitrogens with one attached hydrogen (secondary N) is 2. The molecule has 0 bridgehead atoms. The molecule has 0 radical (unpaired) electrons. The van der Waals surface area contributed by atoms with E-state index in [9.17, 15) is 9.59 Å². The second-order valence-corrected chi connectivity index (χ2v) is 7.65. The van der Waals surface area contributed by atoms with E-state index in [1.165, 1.54) is 4.88 Å². The van der Waals surface area contributed by atoms with Crippen LogP contribution in [0.4, 0.5) is 4.79 Å². The average Bonchev–Trinajstić information content (AvgIpc) is 3.14. The number of carboxylic acids is 1. The lowest BCUT2D eigenvalue weighted by atomic mass is 10.0. The second-order valence-electron chi connectivity index (χ2n) is 6.67. The Kier molecular flexibility index (Phi) is 8.29. The van der Waals surface area contributed by atoms with Crippen LogP contribution in [-0.2, 0) is 11.2 Å². The third kappa shape index (κ3) is 7.40. The van der Waals surface area contributed by atoms with Gasteiger partial charge >= 0.3 is 12.0 Å². The molecule has 6 nitrogen and oxygen atoms in total. The number of thiophene rings is 1. The van der Waals surface area contributed by atoms with E-state index in [-0.39, 0.29) is 24.5 Å². The number of carbonyl (C=O) groups is 2. The van der Waals surface area contributed by atoms with Crippen LogP contribution in [0.2, 0.25) is 0 Å².